The number of hydrogen-bond donors (Lipinski definition) is 1. The van der Waals surface area contributed by atoms with E-state index in [9.17, 15) is 8.42 Å². The number of nitrogens with one attached hydrogen (secondary N) is 1. The number of rotatable bonds is 11. The summed E-state index contributed by atoms with van der Waals surface area (Å²) in [7, 11) is -3.72. The summed E-state index contributed by atoms with van der Waals surface area (Å²) in [5, 5.41) is 2.78. The van der Waals surface area contributed by atoms with Gasteiger partial charge in [0.15, 0.2) is 11.5 Å². The van der Waals surface area contributed by atoms with Gasteiger partial charge >= 0.3 is 0 Å². The molecule has 0 saturated carbocycles. The predicted molar refractivity (Wildman–Crippen MR) is 129 cm³/mol. The van der Waals surface area contributed by atoms with E-state index in [0.717, 1.165) is 20.5 Å². The van der Waals surface area contributed by atoms with Gasteiger partial charge in [-0.15, -0.1) is 22.7 Å². The Hall–Kier alpha value is -2.14. The van der Waals surface area contributed by atoms with Crippen LogP contribution in [-0.2, 0) is 16.6 Å². The molecular formula is C22H28N2O5S3. The van der Waals surface area contributed by atoms with Crippen LogP contribution in [0.4, 0.5) is 0 Å². The van der Waals surface area contributed by atoms with E-state index in [-0.39, 0.29) is 11.4 Å². The smallest absolute Gasteiger partial charge is 0.241 e. The summed E-state index contributed by atoms with van der Waals surface area (Å²) in [4.78, 5) is 6.30. The molecule has 0 aliphatic heterocycles. The normalized spacial score (nSPS) is 11.5. The first kappa shape index (κ1) is 24.5. The summed E-state index contributed by atoms with van der Waals surface area (Å²) >= 11 is 2.93. The molecule has 0 fully saturated rings. The zero-order valence-corrected chi connectivity index (χ0v) is 21.3. The van der Waals surface area contributed by atoms with Crippen LogP contribution in [0, 0.1) is 13.8 Å². The van der Waals surface area contributed by atoms with Crippen LogP contribution in [0.1, 0.15) is 36.9 Å². The number of sulfonamides is 1. The Morgan fingerprint density at radius 3 is 2.12 bits per heavy atom. The Balaban J connectivity index is 1.86. The van der Waals surface area contributed by atoms with Gasteiger partial charge in [-0.05, 0) is 58.4 Å². The molecule has 0 saturated heterocycles. The van der Waals surface area contributed by atoms with Crippen LogP contribution in [0.3, 0.4) is 0 Å². The second kappa shape index (κ2) is 10.7. The van der Waals surface area contributed by atoms with Crippen LogP contribution in [0.2, 0.25) is 0 Å². The second-order valence-corrected chi connectivity index (χ2v) is 10.7. The highest BCUT2D eigenvalue weighted by Crippen LogP contribution is 2.39. The summed E-state index contributed by atoms with van der Waals surface area (Å²) in [6.07, 6.45) is 0. The maximum atomic E-state index is 13.1. The lowest BCUT2D eigenvalue weighted by molar-refractivity contribution is 0.260. The zero-order valence-electron chi connectivity index (χ0n) is 18.9. The highest BCUT2D eigenvalue weighted by molar-refractivity contribution is 7.89. The molecule has 7 nitrogen and oxygen atoms in total. The lowest BCUT2D eigenvalue weighted by atomic mass is 10.2. The standard InChI is InChI=1S/C22H28N2O5S3/c1-6-27-17-9-16(10-18(28-7-2)21(17)29-8-3)12-23-32(25,26)20-11-19(31-15(20)5)22-24-14(4)13-30-22/h9-11,13,23H,6-8,12H2,1-5H3. The van der Waals surface area contributed by atoms with E-state index < -0.39 is 10.0 Å². The predicted octanol–water partition coefficient (Wildman–Crippen LogP) is 5.16. The van der Waals surface area contributed by atoms with E-state index in [1.54, 1.807) is 25.1 Å². The average molecular weight is 497 g/mol. The summed E-state index contributed by atoms with van der Waals surface area (Å²) < 4.78 is 46.0. The Labute approximate surface area is 197 Å². The largest absolute Gasteiger partial charge is 0.490 e. The lowest BCUT2D eigenvalue weighted by Gasteiger charge is -2.17. The van der Waals surface area contributed by atoms with Crippen molar-refractivity contribution >= 4 is 32.7 Å². The van der Waals surface area contributed by atoms with Crippen LogP contribution in [-0.4, -0.2) is 33.2 Å². The molecule has 1 aromatic carbocycles. The van der Waals surface area contributed by atoms with E-state index >= 15 is 0 Å². The first-order valence-electron chi connectivity index (χ1n) is 10.4. The fourth-order valence-corrected chi connectivity index (χ4v) is 6.57. The van der Waals surface area contributed by atoms with Gasteiger partial charge in [-0.2, -0.15) is 0 Å². The van der Waals surface area contributed by atoms with Crippen LogP contribution in [0.25, 0.3) is 9.88 Å². The van der Waals surface area contributed by atoms with Gasteiger partial charge < -0.3 is 14.2 Å². The van der Waals surface area contributed by atoms with Crippen molar-refractivity contribution in [3.05, 3.63) is 39.7 Å². The third kappa shape index (κ3) is 5.61. The quantitative estimate of drug-likeness (QED) is 0.394. The van der Waals surface area contributed by atoms with Crippen molar-refractivity contribution in [2.75, 3.05) is 19.8 Å². The highest BCUT2D eigenvalue weighted by atomic mass is 32.2. The maximum Gasteiger partial charge on any atom is 0.241 e. The van der Waals surface area contributed by atoms with Crippen molar-refractivity contribution in [1.29, 1.82) is 0 Å². The number of aromatic nitrogens is 1. The molecule has 174 valence electrons. The van der Waals surface area contributed by atoms with E-state index in [4.69, 9.17) is 14.2 Å². The van der Waals surface area contributed by atoms with Gasteiger partial charge in [0.1, 0.15) is 5.01 Å². The van der Waals surface area contributed by atoms with Gasteiger partial charge in [-0.3, -0.25) is 0 Å². The minimum atomic E-state index is -3.72. The Bertz CT molecular complexity index is 1140. The van der Waals surface area contributed by atoms with Gasteiger partial charge in [0.2, 0.25) is 15.8 Å². The monoisotopic (exact) mass is 496 g/mol. The fourth-order valence-electron chi connectivity index (χ4n) is 3.11. The van der Waals surface area contributed by atoms with Crippen LogP contribution in [0.15, 0.2) is 28.5 Å². The average Bonchev–Trinajstić information content (AvgIpc) is 3.35. The minimum absolute atomic E-state index is 0.0931. The number of hydrogen-bond acceptors (Lipinski definition) is 8. The van der Waals surface area contributed by atoms with Crippen LogP contribution >= 0.6 is 22.7 Å². The maximum absolute atomic E-state index is 13.1. The molecule has 0 atom stereocenters. The van der Waals surface area contributed by atoms with Gasteiger partial charge in [-0.1, -0.05) is 0 Å². The molecule has 0 aliphatic carbocycles. The van der Waals surface area contributed by atoms with Crippen LogP contribution < -0.4 is 18.9 Å². The van der Waals surface area contributed by atoms with Crippen LogP contribution in [0.5, 0.6) is 17.2 Å². The number of benzene rings is 1. The molecule has 0 unspecified atom stereocenters. The Morgan fingerprint density at radius 2 is 1.59 bits per heavy atom. The number of aryl methyl sites for hydroxylation is 2. The van der Waals surface area contributed by atoms with Crippen molar-refractivity contribution in [1.82, 2.24) is 9.71 Å². The SMILES string of the molecule is CCOc1cc(CNS(=O)(=O)c2cc(-c3nc(C)cs3)sc2C)cc(OCC)c1OCC. The minimum Gasteiger partial charge on any atom is -0.490 e. The number of nitrogens with zero attached hydrogens (tertiary/aromatic N) is 1. The molecule has 2 heterocycles. The fraction of sp³-hybridized carbons (Fsp3) is 0.409. The molecule has 1 N–H and O–H groups in total. The van der Waals surface area contributed by atoms with E-state index in [1.807, 2.05) is 33.1 Å². The molecule has 0 radical (unpaired) electrons. The molecular weight excluding hydrogens is 468 g/mol. The van der Waals surface area contributed by atoms with Crippen molar-refractivity contribution in [3.63, 3.8) is 0 Å². The van der Waals surface area contributed by atoms with Gasteiger partial charge in [0.25, 0.3) is 0 Å². The summed E-state index contributed by atoms with van der Waals surface area (Å²) in [5.41, 5.74) is 1.64. The highest BCUT2D eigenvalue weighted by Gasteiger charge is 2.22. The molecule has 3 aromatic rings. The second-order valence-electron chi connectivity index (χ2n) is 6.87. The van der Waals surface area contributed by atoms with E-state index in [0.29, 0.717) is 42.6 Å². The van der Waals surface area contributed by atoms with Crippen molar-refractivity contribution < 1.29 is 22.6 Å². The lowest BCUT2D eigenvalue weighted by Crippen LogP contribution is -2.23. The van der Waals surface area contributed by atoms with Crippen molar-refractivity contribution in [2.45, 2.75) is 46.1 Å². The molecule has 2 aromatic heterocycles. The summed E-state index contributed by atoms with van der Waals surface area (Å²) in [6.45, 7) is 10.8. The molecule has 3 rings (SSSR count). The van der Waals surface area contributed by atoms with Crippen molar-refractivity contribution in [2.24, 2.45) is 0 Å². The summed E-state index contributed by atoms with van der Waals surface area (Å²) in [5.74, 6) is 1.59. The Kier molecular flexibility index (Phi) is 8.16. The number of ether oxygens (including phenoxy) is 3. The topological polar surface area (TPSA) is 86.8 Å². The zero-order chi connectivity index (χ0) is 23.3. The molecule has 10 heteroatoms. The third-order valence-electron chi connectivity index (χ3n) is 4.43. The molecule has 0 amide bonds. The molecule has 32 heavy (non-hydrogen) atoms. The van der Waals surface area contributed by atoms with E-state index in [2.05, 4.69) is 9.71 Å². The van der Waals surface area contributed by atoms with E-state index in [1.165, 1.54) is 22.7 Å². The molecule has 0 aliphatic rings. The van der Waals surface area contributed by atoms with Crippen molar-refractivity contribution in [3.8, 4) is 27.1 Å². The Morgan fingerprint density at radius 1 is 0.969 bits per heavy atom. The first-order chi connectivity index (χ1) is 15.3. The first-order valence-corrected chi connectivity index (χ1v) is 13.5. The van der Waals surface area contributed by atoms with Gasteiger partial charge in [0.05, 0.1) is 29.6 Å². The molecule has 0 spiro atoms. The van der Waals surface area contributed by atoms with Gasteiger partial charge in [0, 0.05) is 22.5 Å². The molecule has 0 bridgehead atoms. The third-order valence-corrected chi connectivity index (χ3v) is 8.26. The van der Waals surface area contributed by atoms with Gasteiger partial charge in [-0.25, -0.2) is 18.1 Å². The summed E-state index contributed by atoms with van der Waals surface area (Å²) in [6, 6.07) is 5.25. The number of thiophene rings is 1. The number of thiazole rings is 1.